The average molecular weight is 630 g/mol. The summed E-state index contributed by atoms with van der Waals surface area (Å²) in [7, 11) is 1.53. The zero-order valence-electron chi connectivity index (χ0n) is 22.9. The molecule has 1 aliphatic rings. The maximum Gasteiger partial charge on any atom is 0.338 e. The molecule has 11 heteroatoms. The number of hydrogen-bond donors (Lipinski definition) is 0. The lowest BCUT2D eigenvalue weighted by molar-refractivity contribution is -0.139. The summed E-state index contributed by atoms with van der Waals surface area (Å²) in [6.07, 6.45) is 1.57. The van der Waals surface area contributed by atoms with Crippen LogP contribution < -0.4 is 29.1 Å². The van der Waals surface area contributed by atoms with Crippen molar-refractivity contribution in [3.63, 3.8) is 0 Å². The molecule has 0 spiro atoms. The highest BCUT2D eigenvalue weighted by molar-refractivity contribution is 9.10. The zero-order chi connectivity index (χ0) is 29.1. The maximum absolute atomic E-state index is 14.0. The number of rotatable bonds is 8. The minimum atomic E-state index is -0.824. The number of allylic oxidation sites excluding steroid dienone is 1. The van der Waals surface area contributed by atoms with Crippen LogP contribution in [0.5, 0.6) is 17.2 Å². The molecule has 3 aromatic rings. The lowest BCUT2D eigenvalue weighted by Gasteiger charge is -2.25. The standard InChI is InChI=1S/C29H29BrN2O7S/c1-7-37-28(35)25-16(4)31-29-32(26(25)18-8-10-22(38-15(2)3)23(13-18)36-6)27(34)24(40-29)14-19-12-20(30)9-11-21(19)39-17(5)33/h8-15,26H,7H2,1-6H3/b24-14+/t26-/m1/s1. The molecule has 9 nitrogen and oxygen atoms in total. The average Bonchev–Trinajstić information content (AvgIpc) is 3.18. The van der Waals surface area contributed by atoms with Crippen LogP contribution in [0.1, 0.15) is 51.8 Å². The number of halogens is 1. The van der Waals surface area contributed by atoms with E-state index in [4.69, 9.17) is 18.9 Å². The molecule has 0 fully saturated rings. The van der Waals surface area contributed by atoms with Crippen LogP contribution in [-0.2, 0) is 14.3 Å². The number of ether oxygens (including phenoxy) is 4. The first-order valence-electron chi connectivity index (χ1n) is 12.6. The lowest BCUT2D eigenvalue weighted by Crippen LogP contribution is -2.40. The van der Waals surface area contributed by atoms with E-state index in [0.29, 0.717) is 43.4 Å². The van der Waals surface area contributed by atoms with Crippen molar-refractivity contribution < 1.29 is 28.5 Å². The Bertz CT molecular complexity index is 1690. The van der Waals surface area contributed by atoms with Crippen molar-refractivity contribution >= 4 is 45.3 Å². The summed E-state index contributed by atoms with van der Waals surface area (Å²) in [6, 6.07) is 9.63. The number of aromatic nitrogens is 1. The Morgan fingerprint density at radius 2 is 1.88 bits per heavy atom. The van der Waals surface area contributed by atoms with Gasteiger partial charge in [-0.1, -0.05) is 33.3 Å². The van der Waals surface area contributed by atoms with Crippen molar-refractivity contribution in [1.82, 2.24) is 4.57 Å². The molecule has 0 saturated carbocycles. The van der Waals surface area contributed by atoms with Gasteiger partial charge >= 0.3 is 11.9 Å². The van der Waals surface area contributed by atoms with Crippen LogP contribution in [0.2, 0.25) is 0 Å². The van der Waals surface area contributed by atoms with E-state index in [2.05, 4.69) is 20.9 Å². The second-order valence-electron chi connectivity index (χ2n) is 9.15. The number of esters is 2. The number of benzene rings is 2. The topological polar surface area (TPSA) is 105 Å². The molecule has 2 heterocycles. The first-order valence-corrected chi connectivity index (χ1v) is 14.2. The van der Waals surface area contributed by atoms with Gasteiger partial charge < -0.3 is 18.9 Å². The zero-order valence-corrected chi connectivity index (χ0v) is 25.3. The van der Waals surface area contributed by atoms with Crippen molar-refractivity contribution in [2.24, 2.45) is 4.99 Å². The summed E-state index contributed by atoms with van der Waals surface area (Å²) in [6.45, 7) is 8.74. The number of methoxy groups -OCH3 is 1. The fourth-order valence-corrected chi connectivity index (χ4v) is 5.75. The number of fused-ring (bicyclic) bond motifs is 1. The van der Waals surface area contributed by atoms with Crippen LogP contribution in [0.25, 0.3) is 6.08 Å². The molecule has 1 atom stereocenters. The predicted octanol–water partition coefficient (Wildman–Crippen LogP) is 4.28. The van der Waals surface area contributed by atoms with Crippen molar-refractivity contribution in [3.05, 3.63) is 83.0 Å². The molecule has 1 aromatic heterocycles. The first-order chi connectivity index (χ1) is 19.0. The molecule has 0 N–H and O–H groups in total. The number of thiazole rings is 1. The van der Waals surface area contributed by atoms with Crippen LogP contribution in [0.3, 0.4) is 0 Å². The molecular weight excluding hydrogens is 600 g/mol. The monoisotopic (exact) mass is 628 g/mol. The molecule has 0 saturated heterocycles. The van der Waals surface area contributed by atoms with Gasteiger partial charge in [-0.25, -0.2) is 9.79 Å². The Morgan fingerprint density at radius 1 is 1.15 bits per heavy atom. The van der Waals surface area contributed by atoms with Gasteiger partial charge in [0, 0.05) is 17.0 Å². The van der Waals surface area contributed by atoms with E-state index in [1.54, 1.807) is 56.3 Å². The molecule has 1 aliphatic heterocycles. The summed E-state index contributed by atoms with van der Waals surface area (Å²) in [4.78, 5) is 43.8. The van der Waals surface area contributed by atoms with Crippen molar-refractivity contribution in [2.45, 2.75) is 46.8 Å². The second-order valence-corrected chi connectivity index (χ2v) is 11.1. The highest BCUT2D eigenvalue weighted by Gasteiger charge is 2.34. The van der Waals surface area contributed by atoms with E-state index in [-0.39, 0.29) is 23.8 Å². The lowest BCUT2D eigenvalue weighted by atomic mass is 9.95. The quantitative estimate of drug-likeness (QED) is 0.271. The van der Waals surface area contributed by atoms with Crippen molar-refractivity contribution in [1.29, 1.82) is 0 Å². The van der Waals surface area contributed by atoms with Crippen LogP contribution in [0.15, 0.2) is 61.9 Å². The molecular formula is C29H29BrN2O7S. The predicted molar refractivity (Wildman–Crippen MR) is 155 cm³/mol. The number of carbonyl (C=O) groups is 2. The van der Waals surface area contributed by atoms with Gasteiger partial charge in [-0.2, -0.15) is 0 Å². The molecule has 0 amide bonds. The molecule has 0 aliphatic carbocycles. The molecule has 2 aromatic carbocycles. The maximum atomic E-state index is 14.0. The number of nitrogens with zero attached hydrogens (tertiary/aromatic N) is 2. The Hall–Kier alpha value is -3.70. The number of carbonyl (C=O) groups excluding carboxylic acids is 2. The highest BCUT2D eigenvalue weighted by atomic mass is 79.9. The summed E-state index contributed by atoms with van der Waals surface area (Å²) < 4.78 is 24.8. The minimum Gasteiger partial charge on any atom is -0.493 e. The molecule has 4 rings (SSSR count). The van der Waals surface area contributed by atoms with Crippen molar-refractivity contribution in [3.8, 4) is 17.2 Å². The Balaban J connectivity index is 1.96. The summed E-state index contributed by atoms with van der Waals surface area (Å²) >= 11 is 4.60. The molecule has 210 valence electrons. The Morgan fingerprint density at radius 3 is 2.52 bits per heavy atom. The molecule has 0 unspecified atom stereocenters. The normalized spacial score (nSPS) is 15.0. The van der Waals surface area contributed by atoms with E-state index in [1.165, 1.54) is 29.9 Å². The van der Waals surface area contributed by atoms with Gasteiger partial charge in [-0.3, -0.25) is 14.2 Å². The van der Waals surface area contributed by atoms with Crippen LogP contribution >= 0.6 is 27.3 Å². The van der Waals surface area contributed by atoms with Crippen LogP contribution in [0, 0.1) is 0 Å². The first kappa shape index (κ1) is 29.3. The third-order valence-electron chi connectivity index (χ3n) is 5.90. The van der Waals surface area contributed by atoms with Gasteiger partial charge in [0.05, 0.1) is 41.7 Å². The summed E-state index contributed by atoms with van der Waals surface area (Å²) in [5.74, 6) is 0.276. The molecule has 0 radical (unpaired) electrons. The van der Waals surface area contributed by atoms with E-state index in [0.717, 1.165) is 4.47 Å². The van der Waals surface area contributed by atoms with E-state index >= 15 is 0 Å². The fourth-order valence-electron chi connectivity index (χ4n) is 4.33. The van der Waals surface area contributed by atoms with E-state index < -0.39 is 18.0 Å². The third kappa shape index (κ3) is 6.05. The smallest absolute Gasteiger partial charge is 0.338 e. The van der Waals surface area contributed by atoms with Gasteiger partial charge in [0.2, 0.25) is 0 Å². The van der Waals surface area contributed by atoms with Gasteiger partial charge in [0.1, 0.15) is 5.75 Å². The molecule has 40 heavy (non-hydrogen) atoms. The third-order valence-corrected chi connectivity index (χ3v) is 7.37. The largest absolute Gasteiger partial charge is 0.493 e. The van der Waals surface area contributed by atoms with Gasteiger partial charge in [-0.15, -0.1) is 0 Å². The van der Waals surface area contributed by atoms with Crippen molar-refractivity contribution in [2.75, 3.05) is 13.7 Å². The summed E-state index contributed by atoms with van der Waals surface area (Å²) in [5.41, 5.74) is 1.49. The fraction of sp³-hybridized carbons (Fsp3) is 0.310. The van der Waals surface area contributed by atoms with Crippen LogP contribution in [0.4, 0.5) is 0 Å². The van der Waals surface area contributed by atoms with Gasteiger partial charge in [0.25, 0.3) is 5.56 Å². The summed E-state index contributed by atoms with van der Waals surface area (Å²) in [5, 5.41) is 0. The molecule has 0 bridgehead atoms. The van der Waals surface area contributed by atoms with Gasteiger partial charge in [0.15, 0.2) is 16.3 Å². The SMILES string of the molecule is CCOC(=O)C1=C(C)N=c2s/c(=C/c3cc(Br)ccc3OC(C)=O)c(=O)n2[C@@H]1c1ccc(OC(C)C)c(OC)c1. The number of hydrogen-bond acceptors (Lipinski definition) is 9. The van der Waals surface area contributed by atoms with E-state index in [1.807, 2.05) is 13.8 Å². The Kier molecular flexibility index (Phi) is 8.95. The van der Waals surface area contributed by atoms with Crippen LogP contribution in [-0.4, -0.2) is 36.3 Å². The van der Waals surface area contributed by atoms with Gasteiger partial charge in [-0.05, 0) is 69.7 Å². The Labute approximate surface area is 243 Å². The highest BCUT2D eigenvalue weighted by Crippen LogP contribution is 2.36. The van der Waals surface area contributed by atoms with E-state index in [9.17, 15) is 14.4 Å². The second kappa shape index (κ2) is 12.2. The minimum absolute atomic E-state index is 0.0791.